The van der Waals surface area contributed by atoms with Crippen molar-refractivity contribution in [3.8, 4) is 0 Å². The summed E-state index contributed by atoms with van der Waals surface area (Å²) >= 11 is 0. The van der Waals surface area contributed by atoms with Crippen LogP contribution in [0.5, 0.6) is 0 Å². The minimum atomic E-state index is -3.55. The van der Waals surface area contributed by atoms with Crippen molar-refractivity contribution in [1.29, 1.82) is 0 Å². The Labute approximate surface area is 123 Å². The predicted molar refractivity (Wildman–Crippen MR) is 76.4 cm³/mol. The van der Waals surface area contributed by atoms with Crippen LogP contribution in [0.3, 0.4) is 0 Å². The van der Waals surface area contributed by atoms with Gasteiger partial charge in [0.15, 0.2) is 0 Å². The lowest BCUT2D eigenvalue weighted by Gasteiger charge is -2.17. The van der Waals surface area contributed by atoms with Crippen LogP contribution in [0.1, 0.15) is 24.2 Å². The number of hydrogen-bond donors (Lipinski definition) is 3. The van der Waals surface area contributed by atoms with E-state index < -0.39 is 33.9 Å². The molecule has 2 unspecified atom stereocenters. The number of carbonyl (C=O) groups excluding carboxylic acids is 1. The Morgan fingerprint density at radius 2 is 1.67 bits per heavy atom. The number of sulfonamides is 1. The zero-order chi connectivity index (χ0) is 16.2. The minimum absolute atomic E-state index is 0.0495. The molecule has 21 heavy (non-hydrogen) atoms. The molecule has 7 nitrogen and oxygen atoms in total. The third-order valence-corrected chi connectivity index (χ3v) is 4.62. The van der Waals surface area contributed by atoms with Crippen molar-refractivity contribution in [2.24, 2.45) is 5.92 Å². The predicted octanol–water partition coefficient (Wildman–Crippen LogP) is 0.434. The number of aliphatic carboxylic acids is 1. The molecule has 0 aliphatic carbocycles. The van der Waals surface area contributed by atoms with E-state index in [0.717, 1.165) is 0 Å². The van der Waals surface area contributed by atoms with Gasteiger partial charge >= 0.3 is 5.97 Å². The van der Waals surface area contributed by atoms with Gasteiger partial charge in [-0.2, -0.15) is 0 Å². The number of rotatable bonds is 6. The first-order chi connectivity index (χ1) is 9.69. The third kappa shape index (κ3) is 4.27. The van der Waals surface area contributed by atoms with E-state index in [4.69, 9.17) is 5.11 Å². The second-order valence-corrected chi connectivity index (χ2v) is 6.51. The van der Waals surface area contributed by atoms with Gasteiger partial charge in [0.1, 0.15) is 0 Å². The second-order valence-electron chi connectivity index (χ2n) is 4.62. The molecule has 0 spiro atoms. The van der Waals surface area contributed by atoms with Crippen LogP contribution in [-0.2, 0) is 14.8 Å². The van der Waals surface area contributed by atoms with Gasteiger partial charge in [0, 0.05) is 11.6 Å². The van der Waals surface area contributed by atoms with Gasteiger partial charge in [-0.1, -0.05) is 0 Å². The molecule has 3 N–H and O–H groups in total. The number of carboxylic acids is 1. The van der Waals surface area contributed by atoms with Crippen molar-refractivity contribution < 1.29 is 23.1 Å². The Morgan fingerprint density at radius 3 is 2.10 bits per heavy atom. The average molecular weight is 314 g/mol. The highest BCUT2D eigenvalue weighted by Gasteiger charge is 2.21. The van der Waals surface area contributed by atoms with Crippen LogP contribution in [0.15, 0.2) is 29.2 Å². The highest BCUT2D eigenvalue weighted by Crippen LogP contribution is 2.11. The minimum Gasteiger partial charge on any atom is -0.481 e. The summed E-state index contributed by atoms with van der Waals surface area (Å²) in [6, 6.07) is 4.82. The van der Waals surface area contributed by atoms with Crippen LogP contribution in [0.4, 0.5) is 0 Å². The van der Waals surface area contributed by atoms with Crippen molar-refractivity contribution in [3.63, 3.8) is 0 Å². The number of hydrogen-bond acceptors (Lipinski definition) is 4. The molecule has 1 aromatic rings. The summed E-state index contributed by atoms with van der Waals surface area (Å²) in [4.78, 5) is 22.8. The van der Waals surface area contributed by atoms with E-state index >= 15 is 0 Å². The fourth-order valence-corrected chi connectivity index (χ4v) is 2.26. The lowest BCUT2D eigenvalue weighted by Crippen LogP contribution is -2.40. The van der Waals surface area contributed by atoms with Crippen molar-refractivity contribution in [3.05, 3.63) is 29.8 Å². The third-order valence-electron chi connectivity index (χ3n) is 3.19. The van der Waals surface area contributed by atoms with Gasteiger partial charge < -0.3 is 10.4 Å². The maximum absolute atomic E-state index is 11.9. The number of nitrogens with one attached hydrogen (secondary N) is 2. The van der Waals surface area contributed by atoms with Gasteiger partial charge in [-0.05, 0) is 45.2 Å². The summed E-state index contributed by atoms with van der Waals surface area (Å²) in [6.07, 6.45) is 0. The summed E-state index contributed by atoms with van der Waals surface area (Å²) in [7, 11) is -2.25. The second kappa shape index (κ2) is 6.68. The monoisotopic (exact) mass is 314 g/mol. The maximum atomic E-state index is 11.9. The van der Waals surface area contributed by atoms with Crippen LogP contribution in [-0.4, -0.2) is 38.5 Å². The Balaban J connectivity index is 2.83. The molecule has 1 rings (SSSR count). The van der Waals surface area contributed by atoms with Gasteiger partial charge in [-0.25, -0.2) is 13.1 Å². The molecule has 116 valence electrons. The molecular formula is C13H18N2O5S. The van der Waals surface area contributed by atoms with E-state index in [1.165, 1.54) is 38.2 Å². The summed E-state index contributed by atoms with van der Waals surface area (Å²) in [5, 5.41) is 11.4. The van der Waals surface area contributed by atoms with E-state index in [1.54, 1.807) is 6.92 Å². The number of carboxylic acid groups (broad SMARTS) is 1. The van der Waals surface area contributed by atoms with Gasteiger partial charge in [0.2, 0.25) is 10.0 Å². The lowest BCUT2D eigenvalue weighted by molar-refractivity contribution is -0.141. The Kier molecular flexibility index (Phi) is 5.45. The largest absolute Gasteiger partial charge is 0.481 e. The van der Waals surface area contributed by atoms with Gasteiger partial charge in [0.05, 0.1) is 10.8 Å². The molecule has 0 saturated heterocycles. The zero-order valence-electron chi connectivity index (χ0n) is 12.0. The van der Waals surface area contributed by atoms with Crippen molar-refractivity contribution in [2.75, 3.05) is 7.05 Å². The highest BCUT2D eigenvalue weighted by molar-refractivity contribution is 7.89. The Morgan fingerprint density at radius 1 is 1.14 bits per heavy atom. The first-order valence-electron chi connectivity index (χ1n) is 6.26. The zero-order valence-corrected chi connectivity index (χ0v) is 12.8. The molecule has 0 saturated carbocycles. The van der Waals surface area contributed by atoms with E-state index in [0.29, 0.717) is 0 Å². The molecule has 0 bridgehead atoms. The molecular weight excluding hydrogens is 296 g/mol. The molecule has 0 fully saturated rings. The van der Waals surface area contributed by atoms with Crippen LogP contribution in [0, 0.1) is 5.92 Å². The fraction of sp³-hybridized carbons (Fsp3) is 0.385. The van der Waals surface area contributed by atoms with Crippen LogP contribution >= 0.6 is 0 Å². The summed E-state index contributed by atoms with van der Waals surface area (Å²) in [6.45, 7) is 3.09. The molecule has 1 aromatic carbocycles. The van der Waals surface area contributed by atoms with Crippen molar-refractivity contribution in [2.45, 2.75) is 24.8 Å². The summed E-state index contributed by atoms with van der Waals surface area (Å²) in [5.41, 5.74) is 0.259. The summed E-state index contributed by atoms with van der Waals surface area (Å²) in [5.74, 6) is -2.18. The number of benzene rings is 1. The molecule has 0 aliphatic rings. The smallest absolute Gasteiger partial charge is 0.308 e. The van der Waals surface area contributed by atoms with Crippen LogP contribution < -0.4 is 10.0 Å². The van der Waals surface area contributed by atoms with Gasteiger partial charge in [-0.3, -0.25) is 9.59 Å². The normalized spacial score (nSPS) is 14.2. The number of amides is 1. The van der Waals surface area contributed by atoms with Crippen LogP contribution in [0.25, 0.3) is 0 Å². The van der Waals surface area contributed by atoms with Gasteiger partial charge in [0.25, 0.3) is 5.91 Å². The fourth-order valence-electron chi connectivity index (χ4n) is 1.53. The molecule has 0 heterocycles. The van der Waals surface area contributed by atoms with Gasteiger partial charge in [-0.15, -0.1) is 0 Å². The van der Waals surface area contributed by atoms with Crippen molar-refractivity contribution in [1.82, 2.24) is 10.0 Å². The average Bonchev–Trinajstić information content (AvgIpc) is 2.46. The van der Waals surface area contributed by atoms with E-state index in [9.17, 15) is 18.0 Å². The number of carbonyl (C=O) groups is 2. The van der Waals surface area contributed by atoms with E-state index in [2.05, 4.69) is 10.0 Å². The molecule has 2 atom stereocenters. The Bertz CT molecular complexity index is 624. The molecule has 0 radical (unpaired) electrons. The SMILES string of the molecule is CNS(=O)(=O)c1ccc(C(=O)NC(C)C(C)C(=O)O)cc1. The maximum Gasteiger partial charge on any atom is 0.308 e. The standard InChI is InChI=1S/C13H18N2O5S/c1-8(13(17)18)9(2)15-12(16)10-4-6-11(7-5-10)21(19,20)14-3/h4-9,14H,1-3H3,(H,15,16)(H,17,18). The van der Waals surface area contributed by atoms with Crippen molar-refractivity contribution >= 4 is 21.9 Å². The lowest BCUT2D eigenvalue weighted by atomic mass is 10.0. The Hall–Kier alpha value is -1.93. The first kappa shape index (κ1) is 17.1. The molecule has 0 aliphatic heterocycles. The molecule has 0 aromatic heterocycles. The van der Waals surface area contributed by atoms with Crippen LogP contribution in [0.2, 0.25) is 0 Å². The topological polar surface area (TPSA) is 113 Å². The molecule has 1 amide bonds. The van der Waals surface area contributed by atoms with E-state index in [-0.39, 0.29) is 10.5 Å². The highest BCUT2D eigenvalue weighted by atomic mass is 32.2. The first-order valence-corrected chi connectivity index (χ1v) is 7.74. The van der Waals surface area contributed by atoms with E-state index in [1.807, 2.05) is 0 Å². The quantitative estimate of drug-likeness (QED) is 0.705. The molecule has 8 heteroatoms. The summed E-state index contributed by atoms with van der Waals surface area (Å²) < 4.78 is 25.3.